The van der Waals surface area contributed by atoms with Crippen LogP contribution in [0, 0.1) is 6.92 Å². The fourth-order valence-electron chi connectivity index (χ4n) is 2.66. The number of carbonyl (C=O) groups excluding carboxylic acids is 2. The Morgan fingerprint density at radius 1 is 1.20 bits per heavy atom. The first-order valence-electron chi connectivity index (χ1n) is 8.08. The van der Waals surface area contributed by atoms with Gasteiger partial charge in [0, 0.05) is 11.7 Å². The Balaban J connectivity index is 2.01. The molecule has 25 heavy (non-hydrogen) atoms. The van der Waals surface area contributed by atoms with Crippen LogP contribution in [-0.4, -0.2) is 31.9 Å². The van der Waals surface area contributed by atoms with E-state index in [1.807, 2.05) is 44.2 Å². The molecule has 0 aliphatic carbocycles. The number of para-hydroxylation sites is 1. The third kappa shape index (κ3) is 3.07. The number of H-pyrrole nitrogens is 1. The minimum atomic E-state index is -0.337. The molecule has 2 amide bonds. The van der Waals surface area contributed by atoms with E-state index in [0.29, 0.717) is 23.4 Å². The summed E-state index contributed by atoms with van der Waals surface area (Å²) in [6, 6.07) is 9.03. The number of benzene rings is 1. The molecule has 2 aromatic rings. The molecule has 0 unspecified atom stereocenters. The number of amides is 2. The summed E-state index contributed by atoms with van der Waals surface area (Å²) in [5.74, 6) is -0.337. The fourth-order valence-corrected chi connectivity index (χ4v) is 3.57. The molecule has 2 heterocycles. The van der Waals surface area contributed by atoms with E-state index < -0.39 is 0 Å². The third-order valence-corrected chi connectivity index (χ3v) is 5.15. The predicted molar refractivity (Wildman–Crippen MR) is 98.7 cm³/mol. The number of carbonyl (C=O) groups is 2. The molecule has 1 N–H and O–H groups in total. The first-order valence-corrected chi connectivity index (χ1v) is 8.89. The van der Waals surface area contributed by atoms with Crippen molar-refractivity contribution in [2.45, 2.75) is 33.2 Å². The average molecular weight is 357 g/mol. The van der Waals surface area contributed by atoms with Crippen molar-refractivity contribution in [3.63, 3.8) is 0 Å². The van der Waals surface area contributed by atoms with Gasteiger partial charge in [0.15, 0.2) is 0 Å². The van der Waals surface area contributed by atoms with Crippen molar-refractivity contribution < 1.29 is 9.59 Å². The molecule has 3 rings (SSSR count). The van der Waals surface area contributed by atoms with Gasteiger partial charge in [-0.1, -0.05) is 25.1 Å². The van der Waals surface area contributed by atoms with E-state index in [4.69, 9.17) is 0 Å². The van der Waals surface area contributed by atoms with Gasteiger partial charge in [0.1, 0.15) is 0 Å². The lowest BCUT2D eigenvalue weighted by Crippen LogP contribution is -2.36. The van der Waals surface area contributed by atoms with Gasteiger partial charge in [0.2, 0.25) is 0 Å². The largest absolute Gasteiger partial charge is 0.295 e. The van der Waals surface area contributed by atoms with E-state index in [1.54, 1.807) is 6.92 Å². The number of nitrogens with zero attached hydrogens (tertiary/aromatic N) is 2. The van der Waals surface area contributed by atoms with Crippen LogP contribution in [0.3, 0.4) is 0 Å². The quantitative estimate of drug-likeness (QED) is 0.852. The summed E-state index contributed by atoms with van der Waals surface area (Å²) in [4.78, 5) is 38.9. The lowest BCUT2D eigenvalue weighted by Gasteiger charge is -2.19. The Hall–Kier alpha value is -2.54. The van der Waals surface area contributed by atoms with Crippen molar-refractivity contribution in [1.29, 1.82) is 0 Å². The molecule has 1 saturated heterocycles. The molecular weight excluding hydrogens is 338 g/mol. The van der Waals surface area contributed by atoms with Crippen molar-refractivity contribution in [2.24, 2.45) is 0 Å². The van der Waals surface area contributed by atoms with E-state index in [2.05, 4.69) is 5.10 Å². The number of imide groups is 1. The molecule has 1 aromatic carbocycles. The van der Waals surface area contributed by atoms with E-state index in [-0.39, 0.29) is 27.7 Å². The van der Waals surface area contributed by atoms with Gasteiger partial charge in [-0.2, -0.15) is 0 Å². The standard InChI is InChI=1S/C18H19N3O3S/c1-4-11(2)20-17(23)15(25-18(20)24)10-14-12(3)19-21(16(14)22)13-8-6-5-7-9-13/h5-11,19H,4H2,1-3H3/b15-10+/t11-/m1/s1. The van der Waals surface area contributed by atoms with Crippen LogP contribution >= 0.6 is 11.8 Å². The van der Waals surface area contributed by atoms with Crippen LogP contribution in [0.15, 0.2) is 40.0 Å². The molecule has 0 spiro atoms. The van der Waals surface area contributed by atoms with Crippen LogP contribution < -0.4 is 5.56 Å². The molecule has 1 fully saturated rings. The maximum absolute atomic E-state index is 12.7. The Kier molecular flexibility index (Phi) is 4.67. The van der Waals surface area contributed by atoms with E-state index >= 15 is 0 Å². The first-order chi connectivity index (χ1) is 11.9. The second kappa shape index (κ2) is 6.76. The summed E-state index contributed by atoms with van der Waals surface area (Å²) in [7, 11) is 0. The molecule has 0 bridgehead atoms. The second-order valence-corrected chi connectivity index (χ2v) is 6.93. The van der Waals surface area contributed by atoms with Crippen LogP contribution in [0.1, 0.15) is 31.5 Å². The van der Waals surface area contributed by atoms with Crippen molar-refractivity contribution in [2.75, 3.05) is 0 Å². The van der Waals surface area contributed by atoms with E-state index in [1.165, 1.54) is 15.7 Å². The van der Waals surface area contributed by atoms with Gasteiger partial charge >= 0.3 is 0 Å². The zero-order valence-electron chi connectivity index (χ0n) is 14.3. The molecule has 6 nitrogen and oxygen atoms in total. The van der Waals surface area contributed by atoms with Gasteiger partial charge in [0.25, 0.3) is 16.7 Å². The van der Waals surface area contributed by atoms with Crippen molar-refractivity contribution in [3.05, 3.63) is 56.8 Å². The van der Waals surface area contributed by atoms with Gasteiger partial charge in [0.05, 0.1) is 16.2 Å². The Morgan fingerprint density at radius 3 is 2.52 bits per heavy atom. The normalized spacial score (nSPS) is 17.6. The predicted octanol–water partition coefficient (Wildman–Crippen LogP) is 3.31. The van der Waals surface area contributed by atoms with Crippen LogP contribution in [0.4, 0.5) is 4.79 Å². The smallest absolute Gasteiger partial charge is 0.293 e. The highest BCUT2D eigenvalue weighted by atomic mass is 32.2. The zero-order valence-corrected chi connectivity index (χ0v) is 15.1. The molecule has 1 aromatic heterocycles. The number of thioether (sulfide) groups is 1. The molecular formula is C18H19N3O3S. The summed E-state index contributed by atoms with van der Waals surface area (Å²) in [6.45, 7) is 5.53. The molecule has 130 valence electrons. The monoisotopic (exact) mass is 357 g/mol. The van der Waals surface area contributed by atoms with Gasteiger partial charge in [-0.3, -0.25) is 24.4 Å². The minimum Gasteiger partial charge on any atom is -0.295 e. The van der Waals surface area contributed by atoms with Gasteiger partial charge < -0.3 is 0 Å². The van der Waals surface area contributed by atoms with Gasteiger partial charge in [-0.15, -0.1) is 0 Å². The number of nitrogens with one attached hydrogen (secondary N) is 1. The lowest BCUT2D eigenvalue weighted by molar-refractivity contribution is -0.124. The van der Waals surface area contributed by atoms with Crippen LogP contribution in [-0.2, 0) is 4.79 Å². The highest BCUT2D eigenvalue weighted by Crippen LogP contribution is 2.34. The summed E-state index contributed by atoms with van der Waals surface area (Å²) >= 11 is 0.879. The number of hydrogen-bond acceptors (Lipinski definition) is 4. The van der Waals surface area contributed by atoms with Gasteiger partial charge in [-0.05, 0) is 50.2 Å². The minimum absolute atomic E-state index is 0.160. The summed E-state index contributed by atoms with van der Waals surface area (Å²) in [5.41, 5.74) is 1.49. The zero-order chi connectivity index (χ0) is 18.1. The lowest BCUT2D eigenvalue weighted by atomic mass is 10.2. The maximum atomic E-state index is 12.7. The second-order valence-electron chi connectivity index (χ2n) is 5.94. The number of aromatic amines is 1. The third-order valence-electron chi connectivity index (χ3n) is 4.26. The number of hydrogen-bond donors (Lipinski definition) is 1. The maximum Gasteiger partial charge on any atom is 0.293 e. The molecule has 7 heteroatoms. The molecule has 0 radical (unpaired) electrons. The highest BCUT2D eigenvalue weighted by molar-refractivity contribution is 8.18. The SMILES string of the molecule is CC[C@@H](C)N1C(=O)S/C(=C/c2c(C)[nH]n(-c3ccccc3)c2=O)C1=O. The summed E-state index contributed by atoms with van der Waals surface area (Å²) < 4.78 is 1.43. The van der Waals surface area contributed by atoms with Crippen molar-refractivity contribution in [3.8, 4) is 5.69 Å². The van der Waals surface area contributed by atoms with Crippen molar-refractivity contribution >= 4 is 29.0 Å². The topological polar surface area (TPSA) is 75.2 Å². The van der Waals surface area contributed by atoms with Crippen LogP contribution in [0.25, 0.3) is 11.8 Å². The van der Waals surface area contributed by atoms with Crippen LogP contribution in [0.5, 0.6) is 0 Å². The number of aryl methyl sites for hydroxylation is 1. The van der Waals surface area contributed by atoms with Gasteiger partial charge in [-0.25, -0.2) is 4.68 Å². The Labute approximate surface area is 149 Å². The molecule has 0 saturated carbocycles. The first kappa shape index (κ1) is 17.3. The Morgan fingerprint density at radius 2 is 1.88 bits per heavy atom. The molecule has 1 aliphatic rings. The van der Waals surface area contributed by atoms with E-state index in [9.17, 15) is 14.4 Å². The van der Waals surface area contributed by atoms with Crippen molar-refractivity contribution in [1.82, 2.24) is 14.7 Å². The molecule has 1 atom stereocenters. The van der Waals surface area contributed by atoms with Crippen LogP contribution in [0.2, 0.25) is 0 Å². The Bertz CT molecular complexity index is 911. The number of aromatic nitrogens is 2. The average Bonchev–Trinajstić information content (AvgIpc) is 3.05. The highest BCUT2D eigenvalue weighted by Gasteiger charge is 2.37. The summed E-state index contributed by atoms with van der Waals surface area (Å²) in [5, 5.41) is 2.73. The fraction of sp³-hybridized carbons (Fsp3) is 0.278. The molecule has 1 aliphatic heterocycles. The summed E-state index contributed by atoms with van der Waals surface area (Å²) in [6.07, 6.45) is 2.20. The van der Waals surface area contributed by atoms with E-state index in [0.717, 1.165) is 11.8 Å². The number of rotatable bonds is 4.